The molecule has 0 saturated carbocycles. The molecule has 4 aromatic rings. The molecule has 0 aliphatic carbocycles. The van der Waals surface area contributed by atoms with E-state index in [9.17, 15) is 0 Å². The Labute approximate surface area is 143 Å². The summed E-state index contributed by atoms with van der Waals surface area (Å²) in [6.07, 6.45) is 5.46. The maximum absolute atomic E-state index is 6.49. The molecule has 2 heterocycles. The zero-order valence-corrected chi connectivity index (χ0v) is 13.6. The van der Waals surface area contributed by atoms with Gasteiger partial charge in [-0.2, -0.15) is 5.21 Å². The molecule has 4 rings (SSSR count). The third-order valence-electron chi connectivity index (χ3n) is 3.88. The first-order valence-corrected chi connectivity index (χ1v) is 7.73. The highest BCUT2D eigenvalue weighted by Crippen LogP contribution is 2.33. The van der Waals surface area contributed by atoms with Gasteiger partial charge in [0.1, 0.15) is 0 Å². The van der Waals surface area contributed by atoms with Gasteiger partial charge >= 0.3 is 0 Å². The number of benzene rings is 2. The van der Waals surface area contributed by atoms with Crippen LogP contribution < -0.4 is 0 Å². The first-order chi connectivity index (χ1) is 11.7. The van der Waals surface area contributed by atoms with Crippen molar-refractivity contribution in [2.75, 3.05) is 0 Å². The van der Waals surface area contributed by atoms with Gasteiger partial charge in [-0.05, 0) is 41.5 Å². The number of hydrogen-bond donors (Lipinski definition) is 1. The molecule has 0 aliphatic rings. The molecule has 0 atom stereocenters. The summed E-state index contributed by atoms with van der Waals surface area (Å²) in [4.78, 5) is 4.08. The summed E-state index contributed by atoms with van der Waals surface area (Å²) in [6, 6.07) is 12.0. The third kappa shape index (κ3) is 2.57. The van der Waals surface area contributed by atoms with E-state index >= 15 is 0 Å². The number of halogens is 1. The predicted molar refractivity (Wildman–Crippen MR) is 91.9 cm³/mol. The minimum atomic E-state index is 0.524. The first-order valence-electron chi connectivity index (χ1n) is 7.35. The van der Waals surface area contributed by atoms with Gasteiger partial charge in [0.15, 0.2) is 0 Å². The molecule has 0 spiro atoms. The number of H-pyrrole nitrogens is 1. The fraction of sp³-hybridized carbons (Fsp3) is 0.0588. The Bertz CT molecular complexity index is 895. The number of aromatic nitrogens is 6. The van der Waals surface area contributed by atoms with Gasteiger partial charge in [0, 0.05) is 34.2 Å². The zero-order valence-electron chi connectivity index (χ0n) is 12.8. The van der Waals surface area contributed by atoms with E-state index < -0.39 is 0 Å². The van der Waals surface area contributed by atoms with E-state index in [1.54, 1.807) is 12.5 Å². The van der Waals surface area contributed by atoms with Gasteiger partial charge in [0.05, 0.1) is 6.33 Å². The molecule has 7 heteroatoms. The molecule has 24 heavy (non-hydrogen) atoms. The summed E-state index contributed by atoms with van der Waals surface area (Å²) < 4.78 is 1.97. The van der Waals surface area contributed by atoms with Crippen molar-refractivity contribution < 1.29 is 0 Å². The number of hydrogen-bond acceptors (Lipinski definition) is 4. The van der Waals surface area contributed by atoms with E-state index in [0.717, 1.165) is 27.9 Å². The summed E-state index contributed by atoms with van der Waals surface area (Å²) in [5.74, 6) is 0.524. The summed E-state index contributed by atoms with van der Waals surface area (Å²) in [7, 11) is 0. The second-order valence-corrected chi connectivity index (χ2v) is 5.81. The first kappa shape index (κ1) is 14.6. The van der Waals surface area contributed by atoms with Crippen molar-refractivity contribution in [1.29, 1.82) is 0 Å². The lowest BCUT2D eigenvalue weighted by molar-refractivity contribution is 0.881. The number of aryl methyl sites for hydroxylation is 1. The topological polar surface area (TPSA) is 72.3 Å². The van der Waals surface area contributed by atoms with E-state index in [1.807, 2.05) is 35.0 Å². The van der Waals surface area contributed by atoms with Gasteiger partial charge in [-0.1, -0.05) is 29.8 Å². The SMILES string of the molecule is Cc1cc(-n2ccnc2)ccc1-c1ccc(-c2nn[nH]n2)cc1Cl. The lowest BCUT2D eigenvalue weighted by Crippen LogP contribution is -1.93. The van der Waals surface area contributed by atoms with Crippen molar-refractivity contribution in [2.45, 2.75) is 6.92 Å². The van der Waals surface area contributed by atoms with E-state index in [2.05, 4.69) is 44.7 Å². The van der Waals surface area contributed by atoms with Crippen LogP contribution in [0.25, 0.3) is 28.2 Å². The number of nitrogens with one attached hydrogen (secondary N) is 1. The minimum absolute atomic E-state index is 0.524. The van der Waals surface area contributed by atoms with Crippen molar-refractivity contribution in [3.8, 4) is 28.2 Å². The van der Waals surface area contributed by atoms with E-state index in [1.165, 1.54) is 0 Å². The summed E-state index contributed by atoms with van der Waals surface area (Å²) >= 11 is 6.49. The van der Waals surface area contributed by atoms with Crippen molar-refractivity contribution in [2.24, 2.45) is 0 Å². The molecule has 0 radical (unpaired) electrons. The fourth-order valence-electron chi connectivity index (χ4n) is 2.68. The van der Waals surface area contributed by atoms with Gasteiger partial charge < -0.3 is 4.57 Å². The van der Waals surface area contributed by atoms with Crippen LogP contribution in [-0.4, -0.2) is 30.2 Å². The van der Waals surface area contributed by atoms with Crippen molar-refractivity contribution in [3.05, 3.63) is 65.7 Å². The second kappa shape index (κ2) is 5.90. The molecule has 0 unspecified atom stereocenters. The van der Waals surface area contributed by atoms with Crippen LogP contribution in [0, 0.1) is 6.92 Å². The quantitative estimate of drug-likeness (QED) is 0.619. The highest BCUT2D eigenvalue weighted by atomic mass is 35.5. The summed E-state index contributed by atoms with van der Waals surface area (Å²) in [5, 5.41) is 14.6. The number of rotatable bonds is 3. The molecule has 118 valence electrons. The molecule has 0 saturated heterocycles. The average Bonchev–Trinajstić information content (AvgIpc) is 3.29. The van der Waals surface area contributed by atoms with Crippen LogP contribution in [0.3, 0.4) is 0 Å². The summed E-state index contributed by atoms with van der Waals surface area (Å²) in [6.45, 7) is 2.07. The normalized spacial score (nSPS) is 10.9. The van der Waals surface area contributed by atoms with E-state index in [-0.39, 0.29) is 0 Å². The molecule has 6 nitrogen and oxygen atoms in total. The Morgan fingerprint density at radius 2 is 1.96 bits per heavy atom. The van der Waals surface area contributed by atoms with Gasteiger partial charge in [0.25, 0.3) is 0 Å². The van der Waals surface area contributed by atoms with Crippen molar-refractivity contribution in [3.63, 3.8) is 0 Å². The molecular formula is C17H13ClN6. The van der Waals surface area contributed by atoms with Gasteiger partial charge in [-0.25, -0.2) is 4.98 Å². The fourth-order valence-corrected chi connectivity index (χ4v) is 2.96. The number of aromatic amines is 1. The number of tetrazole rings is 1. The smallest absolute Gasteiger partial charge is 0.204 e. The molecular weight excluding hydrogens is 324 g/mol. The van der Waals surface area contributed by atoms with Crippen LogP contribution in [0.4, 0.5) is 0 Å². The molecule has 0 bridgehead atoms. The predicted octanol–water partition coefficient (Wildman–Crippen LogP) is 3.68. The second-order valence-electron chi connectivity index (χ2n) is 5.40. The molecule has 0 fully saturated rings. The van der Waals surface area contributed by atoms with Gasteiger partial charge in [-0.3, -0.25) is 0 Å². The Morgan fingerprint density at radius 3 is 2.62 bits per heavy atom. The molecule has 0 amide bonds. The molecule has 1 N–H and O–H groups in total. The van der Waals surface area contributed by atoms with Crippen LogP contribution in [0.15, 0.2) is 55.1 Å². The number of nitrogens with zero attached hydrogens (tertiary/aromatic N) is 5. The summed E-state index contributed by atoms with van der Waals surface area (Å²) in [5.41, 5.74) is 5.08. The monoisotopic (exact) mass is 336 g/mol. The lowest BCUT2D eigenvalue weighted by atomic mass is 9.98. The lowest BCUT2D eigenvalue weighted by Gasteiger charge is -2.11. The molecule has 2 aromatic heterocycles. The average molecular weight is 337 g/mol. The van der Waals surface area contributed by atoms with Crippen molar-refractivity contribution in [1.82, 2.24) is 30.2 Å². The highest BCUT2D eigenvalue weighted by molar-refractivity contribution is 6.33. The Hall–Kier alpha value is -2.99. The minimum Gasteiger partial charge on any atom is -0.306 e. The number of imidazole rings is 1. The van der Waals surface area contributed by atoms with E-state index in [4.69, 9.17) is 11.6 Å². The Balaban J connectivity index is 1.74. The molecule has 2 aromatic carbocycles. The van der Waals surface area contributed by atoms with E-state index in [0.29, 0.717) is 10.8 Å². The molecule has 0 aliphatic heterocycles. The third-order valence-corrected chi connectivity index (χ3v) is 4.19. The van der Waals surface area contributed by atoms with Gasteiger partial charge in [0.2, 0.25) is 5.82 Å². The maximum atomic E-state index is 6.49. The zero-order chi connectivity index (χ0) is 16.5. The van der Waals surface area contributed by atoms with Crippen LogP contribution in [0.5, 0.6) is 0 Å². The highest BCUT2D eigenvalue weighted by Gasteiger charge is 2.11. The largest absolute Gasteiger partial charge is 0.306 e. The van der Waals surface area contributed by atoms with Crippen LogP contribution in [-0.2, 0) is 0 Å². The maximum Gasteiger partial charge on any atom is 0.204 e. The Morgan fingerprint density at radius 1 is 1.08 bits per heavy atom. The van der Waals surface area contributed by atoms with Crippen molar-refractivity contribution >= 4 is 11.6 Å². The van der Waals surface area contributed by atoms with Crippen LogP contribution >= 0.6 is 11.6 Å². The van der Waals surface area contributed by atoms with Gasteiger partial charge in [-0.15, -0.1) is 10.2 Å². The Kier molecular flexibility index (Phi) is 3.59. The van der Waals surface area contributed by atoms with Crippen LogP contribution in [0.1, 0.15) is 5.56 Å². The van der Waals surface area contributed by atoms with Crippen LogP contribution in [0.2, 0.25) is 5.02 Å². The standard InChI is InChI=1S/C17H13ClN6/c1-11-8-13(24-7-6-19-10-24)3-5-14(11)15-4-2-12(9-16(15)18)17-20-22-23-21-17/h2-10H,1H3,(H,20,21,22,23).